The molecule has 1 atom stereocenters. The number of nitriles is 1. The predicted molar refractivity (Wildman–Crippen MR) is 106 cm³/mol. The molecule has 0 saturated heterocycles. The van der Waals surface area contributed by atoms with Crippen LogP contribution in [0.5, 0.6) is 17.4 Å². The van der Waals surface area contributed by atoms with E-state index in [-0.39, 0.29) is 18.3 Å². The third kappa shape index (κ3) is 3.42. The number of aromatic nitrogens is 2. The van der Waals surface area contributed by atoms with Crippen LogP contribution < -0.4 is 19.9 Å². The van der Waals surface area contributed by atoms with E-state index in [0.29, 0.717) is 23.0 Å². The molecule has 2 aromatic carbocycles. The fraction of sp³-hybridized carbons (Fsp3) is 0.182. The molecule has 0 bridgehead atoms. The predicted octanol–water partition coefficient (Wildman–Crippen LogP) is 3.66. The van der Waals surface area contributed by atoms with E-state index >= 15 is 0 Å². The second-order valence-electron chi connectivity index (χ2n) is 6.81. The third-order valence-corrected chi connectivity index (χ3v) is 4.98. The number of aromatic amines is 1. The van der Waals surface area contributed by atoms with Crippen LogP contribution in [0.2, 0.25) is 0 Å². The summed E-state index contributed by atoms with van der Waals surface area (Å²) in [5.41, 5.74) is 9.44. The van der Waals surface area contributed by atoms with Gasteiger partial charge in [0.05, 0.1) is 13.0 Å². The maximum atomic E-state index is 13.1. The molecule has 0 fully saturated rings. The summed E-state index contributed by atoms with van der Waals surface area (Å²) in [6.07, 6.45) is 0. The van der Waals surface area contributed by atoms with E-state index < -0.39 is 5.92 Å². The Morgan fingerprint density at radius 1 is 1.27 bits per heavy atom. The summed E-state index contributed by atoms with van der Waals surface area (Å²) in [6.45, 7) is 2.10. The van der Waals surface area contributed by atoms with Crippen LogP contribution in [0.4, 0.5) is 4.39 Å². The van der Waals surface area contributed by atoms with E-state index in [9.17, 15) is 9.65 Å². The van der Waals surface area contributed by atoms with Crippen molar-refractivity contribution in [1.29, 1.82) is 5.26 Å². The Morgan fingerprint density at radius 3 is 2.73 bits per heavy atom. The van der Waals surface area contributed by atoms with Crippen molar-refractivity contribution in [3.63, 3.8) is 0 Å². The van der Waals surface area contributed by atoms with E-state index in [1.165, 1.54) is 12.1 Å². The quantitative estimate of drug-likeness (QED) is 0.670. The minimum absolute atomic E-state index is 0.0317. The standard InChI is InChI=1S/C22H19FN4O3/c1-12-19-20(17(10-24)21(25)30-22(19)27-26-12)13-3-4-14(18(9-13)28-2)11-29-16-7-5-15(23)6-8-16/h3-9,20H,11,25H2,1-2H3,(H,26,27)/t20-/m1/s1. The average molecular weight is 406 g/mol. The molecule has 4 rings (SSSR count). The Bertz CT molecular complexity index is 1160. The number of H-pyrrole nitrogens is 1. The number of benzene rings is 2. The van der Waals surface area contributed by atoms with Crippen LogP contribution in [0.1, 0.15) is 28.3 Å². The molecule has 0 unspecified atom stereocenters. The first-order valence-electron chi connectivity index (χ1n) is 9.19. The summed E-state index contributed by atoms with van der Waals surface area (Å²) in [6, 6.07) is 13.6. The summed E-state index contributed by atoms with van der Waals surface area (Å²) in [7, 11) is 1.56. The zero-order valence-electron chi connectivity index (χ0n) is 16.4. The second kappa shape index (κ2) is 7.79. The van der Waals surface area contributed by atoms with Crippen LogP contribution in [0.25, 0.3) is 0 Å². The largest absolute Gasteiger partial charge is 0.496 e. The van der Waals surface area contributed by atoms with Crippen molar-refractivity contribution in [1.82, 2.24) is 10.2 Å². The molecule has 0 amide bonds. The Morgan fingerprint density at radius 2 is 2.03 bits per heavy atom. The number of methoxy groups -OCH3 is 1. The zero-order valence-corrected chi connectivity index (χ0v) is 16.4. The van der Waals surface area contributed by atoms with Crippen molar-refractivity contribution in [2.75, 3.05) is 7.11 Å². The maximum Gasteiger partial charge on any atom is 0.244 e. The van der Waals surface area contributed by atoms with E-state index in [4.69, 9.17) is 19.9 Å². The second-order valence-corrected chi connectivity index (χ2v) is 6.81. The number of ether oxygens (including phenoxy) is 3. The molecule has 2 heterocycles. The monoisotopic (exact) mass is 406 g/mol. The van der Waals surface area contributed by atoms with Crippen molar-refractivity contribution >= 4 is 0 Å². The van der Waals surface area contributed by atoms with Crippen molar-refractivity contribution in [2.24, 2.45) is 5.73 Å². The highest BCUT2D eigenvalue weighted by atomic mass is 19.1. The number of nitrogens with zero attached hydrogens (tertiary/aromatic N) is 2. The average Bonchev–Trinajstić information content (AvgIpc) is 3.12. The molecule has 0 aliphatic carbocycles. The number of aryl methyl sites for hydroxylation is 1. The molecular formula is C22H19FN4O3. The molecule has 1 aliphatic rings. The highest BCUT2D eigenvalue weighted by Crippen LogP contribution is 2.43. The highest BCUT2D eigenvalue weighted by Gasteiger charge is 2.34. The fourth-order valence-electron chi connectivity index (χ4n) is 3.48. The molecule has 30 heavy (non-hydrogen) atoms. The van der Waals surface area contributed by atoms with Crippen LogP contribution in [0, 0.1) is 24.1 Å². The lowest BCUT2D eigenvalue weighted by Crippen LogP contribution is -2.21. The SMILES string of the molecule is COc1cc([C@@H]2C(C#N)=C(N)Oc3n[nH]c(C)c32)ccc1COc1ccc(F)cc1. The molecule has 3 N–H and O–H groups in total. The molecule has 0 radical (unpaired) electrons. The molecular weight excluding hydrogens is 387 g/mol. The number of hydrogen-bond donors (Lipinski definition) is 2. The lowest BCUT2D eigenvalue weighted by atomic mass is 9.84. The van der Waals surface area contributed by atoms with Crippen molar-refractivity contribution in [2.45, 2.75) is 19.4 Å². The van der Waals surface area contributed by atoms with Gasteiger partial charge >= 0.3 is 0 Å². The van der Waals surface area contributed by atoms with Gasteiger partial charge in [0.15, 0.2) is 0 Å². The molecule has 1 aromatic heterocycles. The summed E-state index contributed by atoms with van der Waals surface area (Å²) in [5.74, 6) is 0.780. The smallest absolute Gasteiger partial charge is 0.244 e. The zero-order chi connectivity index (χ0) is 21.3. The van der Waals surface area contributed by atoms with Gasteiger partial charge in [-0.15, -0.1) is 5.10 Å². The normalized spacial score (nSPS) is 15.2. The van der Waals surface area contributed by atoms with Gasteiger partial charge in [-0.05, 0) is 42.8 Å². The number of allylic oxidation sites excluding steroid dienone is 1. The number of nitrogens with two attached hydrogens (primary N) is 1. The molecule has 152 valence electrons. The minimum atomic E-state index is -0.432. The lowest BCUT2D eigenvalue weighted by Gasteiger charge is -2.24. The Balaban J connectivity index is 1.68. The number of nitrogens with one attached hydrogen (secondary N) is 1. The fourth-order valence-corrected chi connectivity index (χ4v) is 3.48. The van der Waals surface area contributed by atoms with Gasteiger partial charge in [0.25, 0.3) is 0 Å². The van der Waals surface area contributed by atoms with Gasteiger partial charge in [-0.25, -0.2) is 4.39 Å². The van der Waals surface area contributed by atoms with Gasteiger partial charge in [-0.2, -0.15) is 5.26 Å². The van der Waals surface area contributed by atoms with Crippen LogP contribution in [0.3, 0.4) is 0 Å². The topological polar surface area (TPSA) is 106 Å². The van der Waals surface area contributed by atoms with Crippen LogP contribution in [-0.4, -0.2) is 17.3 Å². The van der Waals surface area contributed by atoms with Crippen LogP contribution in [-0.2, 0) is 6.61 Å². The maximum absolute atomic E-state index is 13.1. The van der Waals surface area contributed by atoms with Crippen molar-refractivity contribution < 1.29 is 18.6 Å². The Hall–Kier alpha value is -3.99. The first-order valence-corrected chi connectivity index (χ1v) is 9.19. The van der Waals surface area contributed by atoms with E-state index in [1.54, 1.807) is 19.2 Å². The molecule has 3 aromatic rings. The van der Waals surface area contributed by atoms with Crippen molar-refractivity contribution in [3.8, 4) is 23.4 Å². The first kappa shape index (κ1) is 19.3. The lowest BCUT2D eigenvalue weighted by molar-refractivity contribution is 0.296. The Kier molecular flexibility index (Phi) is 5.02. The summed E-state index contributed by atoms with van der Waals surface area (Å²) in [4.78, 5) is 0. The summed E-state index contributed by atoms with van der Waals surface area (Å²) < 4.78 is 29.8. The summed E-state index contributed by atoms with van der Waals surface area (Å²) >= 11 is 0. The van der Waals surface area contributed by atoms with Gasteiger partial charge in [0.2, 0.25) is 11.8 Å². The van der Waals surface area contributed by atoms with Gasteiger partial charge in [-0.3, -0.25) is 5.10 Å². The molecule has 8 heteroatoms. The molecule has 0 spiro atoms. The Labute approximate surface area is 172 Å². The minimum Gasteiger partial charge on any atom is -0.496 e. The number of fused-ring (bicyclic) bond motifs is 1. The number of rotatable bonds is 5. The summed E-state index contributed by atoms with van der Waals surface area (Å²) in [5, 5.41) is 16.7. The third-order valence-electron chi connectivity index (χ3n) is 4.98. The van der Waals surface area contributed by atoms with Gasteiger partial charge < -0.3 is 19.9 Å². The van der Waals surface area contributed by atoms with Gasteiger partial charge in [0.1, 0.15) is 35.6 Å². The molecule has 7 nitrogen and oxygen atoms in total. The van der Waals surface area contributed by atoms with E-state index in [0.717, 1.165) is 22.4 Å². The first-order chi connectivity index (χ1) is 14.5. The van der Waals surface area contributed by atoms with Crippen molar-refractivity contribution in [3.05, 3.63) is 82.1 Å². The van der Waals surface area contributed by atoms with Gasteiger partial charge in [0, 0.05) is 16.8 Å². The van der Waals surface area contributed by atoms with E-state index in [2.05, 4.69) is 16.3 Å². The molecule has 0 saturated carbocycles. The van der Waals surface area contributed by atoms with Crippen LogP contribution >= 0.6 is 0 Å². The van der Waals surface area contributed by atoms with E-state index in [1.807, 2.05) is 25.1 Å². The number of halogens is 1. The molecule has 1 aliphatic heterocycles. The van der Waals surface area contributed by atoms with Gasteiger partial charge in [-0.1, -0.05) is 12.1 Å². The highest BCUT2D eigenvalue weighted by molar-refractivity contribution is 5.56. The number of hydrogen-bond acceptors (Lipinski definition) is 6. The van der Waals surface area contributed by atoms with Crippen LogP contribution in [0.15, 0.2) is 53.9 Å².